The molecule has 1 aromatic carbocycles. The van der Waals surface area contributed by atoms with Gasteiger partial charge in [0.2, 0.25) is 0 Å². The van der Waals surface area contributed by atoms with Gasteiger partial charge in [-0.3, -0.25) is 4.79 Å². The van der Waals surface area contributed by atoms with Crippen LogP contribution in [0.25, 0.3) is 6.08 Å². The minimum Gasteiger partial charge on any atom is -0.478 e. The summed E-state index contributed by atoms with van der Waals surface area (Å²) in [7, 11) is 0. The molecule has 0 bridgehead atoms. The Kier molecular flexibility index (Phi) is 5.23. The highest BCUT2D eigenvalue weighted by Crippen LogP contribution is 2.12. The van der Waals surface area contributed by atoms with E-state index in [1.165, 1.54) is 12.1 Å². The number of hydrogen-bond acceptors (Lipinski definition) is 2. The lowest BCUT2D eigenvalue weighted by molar-refractivity contribution is -0.131. The van der Waals surface area contributed by atoms with E-state index >= 15 is 0 Å². The van der Waals surface area contributed by atoms with E-state index < -0.39 is 11.8 Å². The van der Waals surface area contributed by atoms with Gasteiger partial charge in [0, 0.05) is 23.7 Å². The lowest BCUT2D eigenvalue weighted by Gasteiger charge is -2.08. The Bertz CT molecular complexity index is 509. The van der Waals surface area contributed by atoms with E-state index in [1.807, 2.05) is 13.8 Å². The Morgan fingerprint density at radius 2 is 2.11 bits per heavy atom. The summed E-state index contributed by atoms with van der Waals surface area (Å²) in [4.78, 5) is 22.0. The van der Waals surface area contributed by atoms with Crippen molar-refractivity contribution in [1.82, 2.24) is 5.32 Å². The number of carboxylic acid groups (broad SMARTS) is 1. The molecule has 1 amide bonds. The van der Waals surface area contributed by atoms with E-state index in [0.29, 0.717) is 12.5 Å². The minimum atomic E-state index is -1.15. The summed E-state index contributed by atoms with van der Waals surface area (Å²) in [5, 5.41) is 11.1. The summed E-state index contributed by atoms with van der Waals surface area (Å²) in [6.45, 7) is 4.43. The molecule has 0 fully saturated rings. The maximum Gasteiger partial charge on any atom is 0.328 e. The zero-order chi connectivity index (χ0) is 14.4. The number of carboxylic acids is 1. The molecular weight excluding hydrogens is 249 g/mol. The predicted octanol–water partition coefficient (Wildman–Crippen LogP) is 2.31. The highest BCUT2D eigenvalue weighted by Gasteiger charge is 2.09. The summed E-state index contributed by atoms with van der Waals surface area (Å²) in [6.07, 6.45) is 1.99. The Morgan fingerprint density at radius 1 is 1.42 bits per heavy atom. The number of hydrogen-bond donors (Lipinski definition) is 2. The molecule has 0 aliphatic rings. The van der Waals surface area contributed by atoms with Gasteiger partial charge < -0.3 is 10.4 Å². The van der Waals surface area contributed by atoms with Crippen molar-refractivity contribution < 1.29 is 19.1 Å². The van der Waals surface area contributed by atoms with Crippen LogP contribution in [-0.4, -0.2) is 23.5 Å². The van der Waals surface area contributed by atoms with Gasteiger partial charge in [0.15, 0.2) is 0 Å². The quantitative estimate of drug-likeness (QED) is 0.803. The Hall–Kier alpha value is -2.17. The molecule has 19 heavy (non-hydrogen) atoms. The molecular formula is C14H16FNO3. The number of aliphatic carboxylic acids is 1. The number of rotatable bonds is 5. The summed E-state index contributed by atoms with van der Waals surface area (Å²) in [6, 6.07) is 3.93. The van der Waals surface area contributed by atoms with E-state index in [4.69, 9.17) is 5.11 Å². The van der Waals surface area contributed by atoms with Crippen molar-refractivity contribution in [2.24, 2.45) is 5.92 Å². The average molecular weight is 265 g/mol. The van der Waals surface area contributed by atoms with Crippen LogP contribution in [0.3, 0.4) is 0 Å². The molecule has 102 valence electrons. The molecule has 0 radical (unpaired) electrons. The zero-order valence-corrected chi connectivity index (χ0v) is 10.8. The van der Waals surface area contributed by atoms with Gasteiger partial charge in [-0.2, -0.15) is 0 Å². The molecule has 1 aromatic rings. The molecule has 1 rings (SSSR count). The van der Waals surface area contributed by atoms with Crippen LogP contribution in [0, 0.1) is 11.7 Å². The summed E-state index contributed by atoms with van der Waals surface area (Å²) < 4.78 is 13.6. The monoisotopic (exact) mass is 265 g/mol. The Labute approximate surface area is 110 Å². The number of amides is 1. The van der Waals surface area contributed by atoms with Gasteiger partial charge in [-0.05, 0) is 24.1 Å². The molecule has 0 saturated heterocycles. The van der Waals surface area contributed by atoms with Gasteiger partial charge in [-0.1, -0.05) is 19.9 Å². The van der Waals surface area contributed by atoms with Crippen LogP contribution >= 0.6 is 0 Å². The van der Waals surface area contributed by atoms with Crippen molar-refractivity contribution in [2.45, 2.75) is 13.8 Å². The predicted molar refractivity (Wildman–Crippen MR) is 70.2 cm³/mol. The average Bonchev–Trinajstić information content (AvgIpc) is 2.34. The number of benzene rings is 1. The van der Waals surface area contributed by atoms with Crippen molar-refractivity contribution >= 4 is 18.0 Å². The van der Waals surface area contributed by atoms with Crippen LogP contribution in [0.5, 0.6) is 0 Å². The second kappa shape index (κ2) is 6.68. The number of carbonyl (C=O) groups is 2. The van der Waals surface area contributed by atoms with E-state index in [0.717, 1.165) is 18.2 Å². The third kappa shape index (κ3) is 4.91. The third-order valence-corrected chi connectivity index (χ3v) is 2.34. The minimum absolute atomic E-state index is 0.128. The van der Waals surface area contributed by atoms with Crippen molar-refractivity contribution in [3.05, 3.63) is 41.2 Å². The molecule has 0 atom stereocenters. The van der Waals surface area contributed by atoms with Crippen LogP contribution in [0.2, 0.25) is 0 Å². The largest absolute Gasteiger partial charge is 0.478 e. The van der Waals surface area contributed by atoms with Crippen LogP contribution in [0.4, 0.5) is 4.39 Å². The van der Waals surface area contributed by atoms with Crippen molar-refractivity contribution in [2.75, 3.05) is 6.54 Å². The highest BCUT2D eigenvalue weighted by molar-refractivity contribution is 5.94. The van der Waals surface area contributed by atoms with E-state index in [1.54, 1.807) is 0 Å². The van der Waals surface area contributed by atoms with Crippen LogP contribution in [0.15, 0.2) is 24.3 Å². The number of carbonyl (C=O) groups excluding carboxylic acids is 1. The zero-order valence-electron chi connectivity index (χ0n) is 10.8. The summed E-state index contributed by atoms with van der Waals surface area (Å²) in [5.41, 5.74) is 0.341. The van der Waals surface area contributed by atoms with Crippen molar-refractivity contribution in [3.8, 4) is 0 Å². The SMILES string of the molecule is CC(C)CNC(=O)c1ccc(C=CC(=O)O)c(F)c1. The fraction of sp³-hybridized carbons (Fsp3) is 0.286. The first-order valence-corrected chi connectivity index (χ1v) is 5.89. The molecule has 0 aromatic heterocycles. The standard InChI is InChI=1S/C14H16FNO3/c1-9(2)8-16-14(19)11-4-3-10(12(15)7-11)5-6-13(17)18/h3-7,9H,8H2,1-2H3,(H,16,19)(H,17,18). The molecule has 0 aliphatic carbocycles. The first-order valence-electron chi connectivity index (χ1n) is 5.89. The van der Waals surface area contributed by atoms with Gasteiger partial charge in [-0.25, -0.2) is 9.18 Å². The molecule has 5 heteroatoms. The van der Waals surface area contributed by atoms with E-state index in [9.17, 15) is 14.0 Å². The van der Waals surface area contributed by atoms with Crippen molar-refractivity contribution in [3.63, 3.8) is 0 Å². The van der Waals surface area contributed by atoms with Gasteiger partial charge in [-0.15, -0.1) is 0 Å². The number of nitrogens with one attached hydrogen (secondary N) is 1. The molecule has 0 unspecified atom stereocenters. The second-order valence-corrected chi connectivity index (χ2v) is 4.51. The van der Waals surface area contributed by atoms with E-state index in [2.05, 4.69) is 5.32 Å². The normalized spacial score (nSPS) is 10.9. The van der Waals surface area contributed by atoms with Crippen molar-refractivity contribution in [1.29, 1.82) is 0 Å². The molecule has 4 nitrogen and oxygen atoms in total. The lowest BCUT2D eigenvalue weighted by Crippen LogP contribution is -2.27. The van der Waals surface area contributed by atoms with Gasteiger partial charge in [0.05, 0.1) is 0 Å². The highest BCUT2D eigenvalue weighted by atomic mass is 19.1. The first kappa shape index (κ1) is 14.9. The van der Waals surface area contributed by atoms with Gasteiger partial charge in [0.1, 0.15) is 5.82 Å². The summed E-state index contributed by atoms with van der Waals surface area (Å²) in [5.74, 6) is -1.82. The Morgan fingerprint density at radius 3 is 2.63 bits per heavy atom. The van der Waals surface area contributed by atoms with Crippen LogP contribution < -0.4 is 5.32 Å². The van der Waals surface area contributed by atoms with Gasteiger partial charge >= 0.3 is 5.97 Å². The third-order valence-electron chi connectivity index (χ3n) is 2.34. The molecule has 0 heterocycles. The lowest BCUT2D eigenvalue weighted by atomic mass is 10.1. The number of halogens is 1. The van der Waals surface area contributed by atoms with Gasteiger partial charge in [0.25, 0.3) is 5.91 Å². The summed E-state index contributed by atoms with van der Waals surface area (Å²) >= 11 is 0. The smallest absolute Gasteiger partial charge is 0.328 e. The molecule has 0 aliphatic heterocycles. The maximum atomic E-state index is 13.6. The van der Waals surface area contributed by atoms with Crippen LogP contribution in [0.1, 0.15) is 29.8 Å². The maximum absolute atomic E-state index is 13.6. The molecule has 0 saturated carbocycles. The second-order valence-electron chi connectivity index (χ2n) is 4.51. The van der Waals surface area contributed by atoms with E-state index in [-0.39, 0.29) is 17.0 Å². The molecule has 0 spiro atoms. The topological polar surface area (TPSA) is 66.4 Å². The molecule has 2 N–H and O–H groups in total. The van der Waals surface area contributed by atoms with Crippen LogP contribution in [-0.2, 0) is 4.79 Å². The first-order chi connectivity index (χ1) is 8.90. The Balaban J connectivity index is 2.81. The fourth-order valence-corrected chi connectivity index (χ4v) is 1.36. The fourth-order valence-electron chi connectivity index (χ4n) is 1.36.